The number of aliphatic carboxylic acids is 1. The van der Waals surface area contributed by atoms with E-state index < -0.39 is 49.9 Å². The standard InChI is InChI=1S/C41H44N4O10/c1-40(2)31-19-27(54-5)11-13-33(31)42(15-9-7-8-10-37(46)47)35(40)21-29-38(48)30(39(29)49)22-36-41(3,4)32-20-28(55-6)12-14-34(32)43(36)23-24-16-25(44(50)51)18-26(17-24)45(52)53/h11-14,16-22,29-30H,7-10,15,23H2,1-6H3,(H,46,47). The number of carbonyl (C=O) groups excluding carboxylic acids is 2. The Balaban J connectivity index is 1.35. The van der Waals surface area contributed by atoms with Gasteiger partial charge in [0.1, 0.15) is 11.5 Å². The van der Waals surface area contributed by atoms with Crippen molar-refractivity contribution in [3.63, 3.8) is 0 Å². The number of methoxy groups -OCH3 is 2. The number of benzene rings is 3. The van der Waals surface area contributed by atoms with Gasteiger partial charge in [-0.25, -0.2) is 0 Å². The Morgan fingerprint density at radius 2 is 1.22 bits per heavy atom. The molecule has 14 nitrogen and oxygen atoms in total. The number of ketones is 2. The molecule has 1 aliphatic carbocycles. The van der Waals surface area contributed by atoms with Crippen LogP contribution in [0.3, 0.4) is 0 Å². The van der Waals surface area contributed by atoms with Gasteiger partial charge in [-0.15, -0.1) is 0 Å². The molecule has 288 valence electrons. The number of hydrogen-bond acceptors (Lipinski definition) is 11. The summed E-state index contributed by atoms with van der Waals surface area (Å²) in [5.41, 5.74) is 3.00. The molecule has 0 radical (unpaired) electrons. The number of Topliss-reactive ketones (excluding diaryl/α,β-unsaturated/α-hetero) is 2. The van der Waals surface area contributed by atoms with Gasteiger partial charge in [0.05, 0.1) is 42.0 Å². The quantitative estimate of drug-likeness (QED) is 0.0746. The summed E-state index contributed by atoms with van der Waals surface area (Å²) in [6.07, 6.45) is 5.46. The normalized spacial score (nSPS) is 20.7. The molecule has 0 unspecified atom stereocenters. The highest BCUT2D eigenvalue weighted by atomic mass is 16.6. The lowest BCUT2D eigenvalue weighted by Crippen LogP contribution is -2.48. The van der Waals surface area contributed by atoms with E-state index in [2.05, 4.69) is 4.90 Å². The van der Waals surface area contributed by atoms with Crippen molar-refractivity contribution in [2.24, 2.45) is 11.8 Å². The van der Waals surface area contributed by atoms with Crippen LogP contribution in [0.4, 0.5) is 22.7 Å². The average molecular weight is 753 g/mol. The average Bonchev–Trinajstić information content (AvgIpc) is 3.48. The van der Waals surface area contributed by atoms with E-state index >= 15 is 0 Å². The van der Waals surface area contributed by atoms with Crippen molar-refractivity contribution in [3.8, 4) is 11.5 Å². The van der Waals surface area contributed by atoms with Crippen LogP contribution >= 0.6 is 0 Å². The summed E-state index contributed by atoms with van der Waals surface area (Å²) in [5.74, 6) is -2.18. The topological polar surface area (TPSA) is 183 Å². The SMILES string of the molecule is COc1ccc2c(c1)C(C)(C)C(=CC1C(=O)C(C=C3N(Cc4cc([N+](=O)[O-])cc([N+](=O)[O-])c4)c4ccc(OC)cc4C3(C)C)C1=O)N2CCCCCC(=O)O. The Morgan fingerprint density at radius 1 is 0.745 bits per heavy atom. The molecule has 1 fully saturated rings. The Kier molecular flexibility index (Phi) is 10.3. The van der Waals surface area contributed by atoms with Gasteiger partial charge in [0.15, 0.2) is 11.6 Å². The molecule has 55 heavy (non-hydrogen) atoms. The molecule has 2 heterocycles. The first-order chi connectivity index (χ1) is 26.0. The lowest BCUT2D eigenvalue weighted by Gasteiger charge is -2.35. The molecular weight excluding hydrogens is 708 g/mol. The van der Waals surface area contributed by atoms with E-state index in [0.717, 1.165) is 28.6 Å². The van der Waals surface area contributed by atoms with Crippen LogP contribution in [0.25, 0.3) is 0 Å². The lowest BCUT2D eigenvalue weighted by molar-refractivity contribution is -0.394. The zero-order chi connectivity index (χ0) is 40.0. The number of allylic oxidation sites excluding steroid dienone is 4. The second-order valence-corrected chi connectivity index (χ2v) is 15.2. The van der Waals surface area contributed by atoms with Gasteiger partial charge in [0.2, 0.25) is 0 Å². The van der Waals surface area contributed by atoms with Crippen molar-refractivity contribution in [1.82, 2.24) is 0 Å². The number of unbranched alkanes of at least 4 members (excludes halogenated alkanes) is 2. The number of rotatable bonds is 14. The summed E-state index contributed by atoms with van der Waals surface area (Å²) in [6.45, 7) is 8.53. The predicted octanol–water partition coefficient (Wildman–Crippen LogP) is 7.41. The molecule has 0 saturated heterocycles. The fourth-order valence-electron chi connectivity index (χ4n) is 8.05. The van der Waals surface area contributed by atoms with E-state index in [9.17, 15) is 34.6 Å². The number of nitro groups is 2. The zero-order valence-electron chi connectivity index (χ0n) is 31.7. The Morgan fingerprint density at radius 3 is 1.67 bits per heavy atom. The summed E-state index contributed by atoms with van der Waals surface area (Å²) in [4.78, 5) is 65.3. The number of non-ortho nitro benzene ring substituents is 2. The van der Waals surface area contributed by atoms with Gasteiger partial charge in [-0.3, -0.25) is 34.6 Å². The largest absolute Gasteiger partial charge is 0.497 e. The molecule has 14 heteroatoms. The molecule has 0 aromatic heterocycles. The van der Waals surface area contributed by atoms with Gasteiger partial charge in [-0.05, 0) is 78.1 Å². The molecule has 0 atom stereocenters. The number of nitro benzene ring substituents is 2. The number of carboxylic acid groups (broad SMARTS) is 1. The molecule has 2 aliphatic heterocycles. The van der Waals surface area contributed by atoms with Crippen molar-refractivity contribution >= 4 is 40.3 Å². The Bertz CT molecular complexity index is 2120. The Hall–Kier alpha value is -6.05. The van der Waals surface area contributed by atoms with Gasteiger partial charge in [-0.2, -0.15) is 0 Å². The highest BCUT2D eigenvalue weighted by molar-refractivity contribution is 6.26. The van der Waals surface area contributed by atoms with Crippen molar-refractivity contribution in [1.29, 1.82) is 0 Å². The fourth-order valence-corrected chi connectivity index (χ4v) is 8.05. The molecule has 3 aliphatic rings. The van der Waals surface area contributed by atoms with E-state index in [0.29, 0.717) is 54.3 Å². The second-order valence-electron chi connectivity index (χ2n) is 15.2. The number of carbonyl (C=O) groups is 3. The Labute approximate surface area is 318 Å². The van der Waals surface area contributed by atoms with Crippen LogP contribution in [0.1, 0.15) is 70.1 Å². The monoisotopic (exact) mass is 752 g/mol. The van der Waals surface area contributed by atoms with Gasteiger partial charge >= 0.3 is 5.97 Å². The first-order valence-electron chi connectivity index (χ1n) is 18.1. The van der Waals surface area contributed by atoms with Gasteiger partial charge in [0, 0.05) is 65.2 Å². The van der Waals surface area contributed by atoms with Gasteiger partial charge < -0.3 is 24.4 Å². The number of nitrogens with zero attached hydrogens (tertiary/aromatic N) is 4. The minimum absolute atomic E-state index is 0.00295. The molecule has 0 amide bonds. The van der Waals surface area contributed by atoms with Crippen LogP contribution < -0.4 is 19.3 Å². The first kappa shape index (κ1) is 38.7. The fraction of sp³-hybridized carbons (Fsp3) is 0.390. The number of hydrogen-bond donors (Lipinski definition) is 1. The zero-order valence-corrected chi connectivity index (χ0v) is 31.7. The second kappa shape index (κ2) is 14.6. The maximum atomic E-state index is 14.1. The van der Waals surface area contributed by atoms with E-state index in [1.54, 1.807) is 32.4 Å². The molecular formula is C41H44N4O10. The van der Waals surface area contributed by atoms with Crippen LogP contribution in [-0.2, 0) is 31.8 Å². The van der Waals surface area contributed by atoms with Crippen molar-refractivity contribution in [2.75, 3.05) is 30.6 Å². The molecule has 0 spiro atoms. The van der Waals surface area contributed by atoms with Crippen LogP contribution in [0.15, 0.2) is 78.1 Å². The third kappa shape index (κ3) is 7.04. The molecule has 3 aromatic rings. The van der Waals surface area contributed by atoms with Crippen LogP contribution in [0.2, 0.25) is 0 Å². The molecule has 3 aromatic carbocycles. The van der Waals surface area contributed by atoms with Crippen molar-refractivity contribution < 1.29 is 38.8 Å². The van der Waals surface area contributed by atoms with Crippen LogP contribution in [0.5, 0.6) is 11.5 Å². The maximum absolute atomic E-state index is 14.1. The molecule has 1 saturated carbocycles. The summed E-state index contributed by atoms with van der Waals surface area (Å²) in [6, 6.07) is 14.7. The van der Waals surface area contributed by atoms with Crippen molar-refractivity contribution in [3.05, 3.63) is 115 Å². The van der Waals surface area contributed by atoms with E-state index in [1.165, 1.54) is 12.1 Å². The van der Waals surface area contributed by atoms with Crippen LogP contribution in [0, 0.1) is 32.1 Å². The third-order valence-corrected chi connectivity index (χ3v) is 11.1. The maximum Gasteiger partial charge on any atom is 0.303 e. The van der Waals surface area contributed by atoms with Crippen molar-refractivity contribution in [2.45, 2.75) is 70.8 Å². The lowest BCUT2D eigenvalue weighted by atomic mass is 9.69. The van der Waals surface area contributed by atoms with Gasteiger partial charge in [0.25, 0.3) is 11.4 Å². The van der Waals surface area contributed by atoms with Crippen LogP contribution in [-0.4, -0.2) is 53.3 Å². The summed E-state index contributed by atoms with van der Waals surface area (Å²) >= 11 is 0. The molecule has 1 N–H and O–H groups in total. The molecule has 6 rings (SSSR count). The predicted molar refractivity (Wildman–Crippen MR) is 205 cm³/mol. The smallest absolute Gasteiger partial charge is 0.303 e. The highest BCUT2D eigenvalue weighted by Crippen LogP contribution is 2.52. The van der Waals surface area contributed by atoms with E-state index in [1.807, 2.05) is 62.9 Å². The summed E-state index contributed by atoms with van der Waals surface area (Å²) in [7, 11) is 3.14. The number of anilines is 2. The number of ether oxygens (including phenoxy) is 2. The number of carboxylic acids is 1. The first-order valence-corrected chi connectivity index (χ1v) is 18.1. The summed E-state index contributed by atoms with van der Waals surface area (Å²) < 4.78 is 11.0. The third-order valence-electron chi connectivity index (χ3n) is 11.1. The minimum Gasteiger partial charge on any atom is -0.497 e. The number of fused-ring (bicyclic) bond motifs is 2. The minimum atomic E-state index is -1.06. The summed E-state index contributed by atoms with van der Waals surface area (Å²) in [5, 5.41) is 32.5. The molecule has 0 bridgehead atoms. The van der Waals surface area contributed by atoms with Gasteiger partial charge in [-0.1, -0.05) is 34.1 Å². The highest BCUT2D eigenvalue weighted by Gasteiger charge is 2.51. The van der Waals surface area contributed by atoms with E-state index in [4.69, 9.17) is 14.6 Å². The van der Waals surface area contributed by atoms with E-state index in [-0.39, 0.29) is 24.5 Å².